The third-order valence-corrected chi connectivity index (χ3v) is 5.67. The van der Waals surface area contributed by atoms with Crippen molar-refractivity contribution in [3.05, 3.63) is 53.0 Å². The van der Waals surface area contributed by atoms with Gasteiger partial charge in [0.05, 0.1) is 29.0 Å². The summed E-state index contributed by atoms with van der Waals surface area (Å²) in [6.07, 6.45) is -3.22. The van der Waals surface area contributed by atoms with Crippen LogP contribution in [0.1, 0.15) is 26.1 Å². The Bertz CT molecular complexity index is 1100. The van der Waals surface area contributed by atoms with Crippen LogP contribution in [-0.4, -0.2) is 64.2 Å². The van der Waals surface area contributed by atoms with Crippen molar-refractivity contribution in [1.29, 1.82) is 0 Å². The summed E-state index contributed by atoms with van der Waals surface area (Å²) in [6.45, 7) is 1.11. The van der Waals surface area contributed by atoms with E-state index >= 15 is 0 Å². The highest BCUT2D eigenvalue weighted by atomic mass is 32.1. The lowest BCUT2D eigenvalue weighted by Gasteiger charge is -2.35. The maximum absolute atomic E-state index is 12.8. The SMILES string of the molecule is O=C(NCC1COCCN1C(=O)c1ccccn1)c1ccc(-c2noc(C(F)(F)F)n2)s1. The van der Waals surface area contributed by atoms with Crippen LogP contribution in [0.2, 0.25) is 0 Å². The molecule has 0 bridgehead atoms. The first kappa shape index (κ1) is 21.9. The van der Waals surface area contributed by atoms with Crippen LogP contribution in [0.3, 0.4) is 0 Å². The first-order valence-electron chi connectivity index (χ1n) is 9.42. The van der Waals surface area contributed by atoms with Crippen molar-refractivity contribution in [2.75, 3.05) is 26.3 Å². The zero-order chi connectivity index (χ0) is 22.7. The first-order chi connectivity index (χ1) is 15.3. The maximum atomic E-state index is 12.8. The molecule has 9 nitrogen and oxygen atoms in total. The van der Waals surface area contributed by atoms with Gasteiger partial charge in [-0.05, 0) is 24.3 Å². The van der Waals surface area contributed by atoms with E-state index in [1.165, 1.54) is 18.3 Å². The normalized spacial score (nSPS) is 16.7. The van der Waals surface area contributed by atoms with Gasteiger partial charge in [-0.25, -0.2) is 0 Å². The Morgan fingerprint density at radius 3 is 2.81 bits per heavy atom. The molecule has 0 saturated carbocycles. The molecule has 3 aromatic rings. The summed E-state index contributed by atoms with van der Waals surface area (Å²) >= 11 is 0.922. The smallest absolute Gasteiger partial charge is 0.377 e. The average molecular weight is 467 g/mol. The number of morpholine rings is 1. The van der Waals surface area contributed by atoms with E-state index in [1.54, 1.807) is 23.1 Å². The van der Waals surface area contributed by atoms with E-state index < -0.39 is 24.0 Å². The third kappa shape index (κ3) is 4.78. The van der Waals surface area contributed by atoms with Crippen molar-refractivity contribution in [3.8, 4) is 10.7 Å². The number of ether oxygens (including phenoxy) is 1. The number of carbonyl (C=O) groups is 2. The van der Waals surface area contributed by atoms with Gasteiger partial charge in [-0.1, -0.05) is 11.2 Å². The number of amides is 2. The van der Waals surface area contributed by atoms with E-state index in [0.717, 1.165) is 11.3 Å². The number of hydrogen-bond acceptors (Lipinski definition) is 8. The van der Waals surface area contributed by atoms with Crippen molar-refractivity contribution in [2.24, 2.45) is 0 Å². The highest BCUT2D eigenvalue weighted by Crippen LogP contribution is 2.31. The van der Waals surface area contributed by atoms with Gasteiger partial charge in [0, 0.05) is 19.3 Å². The Morgan fingerprint density at radius 2 is 2.09 bits per heavy atom. The van der Waals surface area contributed by atoms with Gasteiger partial charge in [0.2, 0.25) is 5.82 Å². The number of thiophene rings is 1. The zero-order valence-electron chi connectivity index (χ0n) is 16.3. The van der Waals surface area contributed by atoms with E-state index in [0.29, 0.717) is 18.8 Å². The summed E-state index contributed by atoms with van der Waals surface area (Å²) in [5.74, 6) is -2.42. The summed E-state index contributed by atoms with van der Waals surface area (Å²) in [5, 5.41) is 6.04. The molecule has 3 aromatic heterocycles. The summed E-state index contributed by atoms with van der Waals surface area (Å²) in [4.78, 5) is 34.8. The first-order valence-corrected chi connectivity index (χ1v) is 10.2. The Kier molecular flexibility index (Phi) is 6.19. The van der Waals surface area contributed by atoms with Crippen molar-refractivity contribution in [3.63, 3.8) is 0 Å². The number of pyridine rings is 1. The summed E-state index contributed by atoms with van der Waals surface area (Å²) in [7, 11) is 0. The molecule has 4 heterocycles. The number of halogens is 3. The van der Waals surface area contributed by atoms with Crippen LogP contribution in [0, 0.1) is 0 Å². The second-order valence-corrected chi connectivity index (χ2v) is 7.82. The second kappa shape index (κ2) is 9.04. The highest BCUT2D eigenvalue weighted by Gasteiger charge is 2.38. The van der Waals surface area contributed by atoms with Crippen molar-refractivity contribution in [1.82, 2.24) is 25.3 Å². The summed E-state index contributed by atoms with van der Waals surface area (Å²) < 4.78 is 47.5. The molecule has 4 rings (SSSR count). The number of alkyl halides is 3. The van der Waals surface area contributed by atoms with Crippen LogP contribution in [0.25, 0.3) is 10.7 Å². The Morgan fingerprint density at radius 1 is 1.25 bits per heavy atom. The van der Waals surface area contributed by atoms with E-state index in [9.17, 15) is 22.8 Å². The van der Waals surface area contributed by atoms with E-state index in [1.807, 2.05) is 0 Å². The molecule has 168 valence electrons. The predicted octanol–water partition coefficient (Wildman–Crippen LogP) is 2.48. The van der Waals surface area contributed by atoms with Crippen LogP contribution >= 0.6 is 11.3 Å². The standard InChI is InChI=1S/C19H16F3N5O4S/c20-19(21,22)18-25-15(26-31-18)13-4-5-14(32-13)16(28)24-9-11-10-30-8-7-27(11)17(29)12-3-1-2-6-23-12/h1-6,11H,7-10H2,(H,24,28). The lowest BCUT2D eigenvalue weighted by molar-refractivity contribution is -0.159. The number of nitrogens with zero attached hydrogens (tertiary/aromatic N) is 4. The lowest BCUT2D eigenvalue weighted by atomic mass is 10.2. The molecule has 1 unspecified atom stereocenters. The van der Waals surface area contributed by atoms with Crippen LogP contribution in [-0.2, 0) is 10.9 Å². The molecule has 1 fully saturated rings. The number of carbonyl (C=O) groups excluding carboxylic acids is 2. The Hall–Kier alpha value is -3.32. The minimum atomic E-state index is -4.75. The van der Waals surface area contributed by atoms with E-state index in [2.05, 4.69) is 25.0 Å². The van der Waals surface area contributed by atoms with E-state index in [-0.39, 0.29) is 34.6 Å². The van der Waals surface area contributed by atoms with Gasteiger partial charge >= 0.3 is 12.1 Å². The molecular formula is C19H16F3N5O4S. The Balaban J connectivity index is 1.40. The molecule has 0 aliphatic carbocycles. The van der Waals surface area contributed by atoms with Gasteiger partial charge < -0.3 is 19.5 Å². The predicted molar refractivity (Wildman–Crippen MR) is 105 cm³/mol. The fourth-order valence-corrected chi connectivity index (χ4v) is 3.89. The van der Waals surface area contributed by atoms with Gasteiger partial charge in [-0.3, -0.25) is 14.6 Å². The second-order valence-electron chi connectivity index (χ2n) is 6.74. The molecule has 1 saturated heterocycles. The van der Waals surface area contributed by atoms with Gasteiger partial charge in [0.25, 0.3) is 11.8 Å². The molecule has 0 aromatic carbocycles. The molecule has 1 aliphatic heterocycles. The Labute approximate surface area is 183 Å². The van der Waals surface area contributed by atoms with Crippen LogP contribution in [0.15, 0.2) is 41.1 Å². The molecular weight excluding hydrogens is 451 g/mol. The van der Waals surface area contributed by atoms with Crippen molar-refractivity contribution in [2.45, 2.75) is 12.2 Å². The van der Waals surface area contributed by atoms with Crippen molar-refractivity contribution >= 4 is 23.2 Å². The fraction of sp³-hybridized carbons (Fsp3) is 0.316. The quantitative estimate of drug-likeness (QED) is 0.614. The molecule has 32 heavy (non-hydrogen) atoms. The fourth-order valence-electron chi connectivity index (χ4n) is 3.04. The topological polar surface area (TPSA) is 110 Å². The minimum Gasteiger partial charge on any atom is -0.377 e. The third-order valence-electron chi connectivity index (χ3n) is 4.59. The summed E-state index contributed by atoms with van der Waals surface area (Å²) in [5.41, 5.74) is 0.298. The molecule has 13 heteroatoms. The largest absolute Gasteiger partial charge is 0.471 e. The number of aromatic nitrogens is 3. The number of hydrogen-bond donors (Lipinski definition) is 1. The van der Waals surface area contributed by atoms with Crippen LogP contribution in [0.4, 0.5) is 13.2 Å². The molecule has 0 spiro atoms. The van der Waals surface area contributed by atoms with Crippen LogP contribution < -0.4 is 5.32 Å². The number of rotatable bonds is 5. The van der Waals surface area contributed by atoms with Gasteiger partial charge in [-0.2, -0.15) is 18.2 Å². The lowest BCUT2D eigenvalue weighted by Crippen LogP contribution is -2.53. The average Bonchev–Trinajstić information content (AvgIpc) is 3.47. The van der Waals surface area contributed by atoms with E-state index in [4.69, 9.17) is 4.74 Å². The van der Waals surface area contributed by atoms with Crippen molar-refractivity contribution < 1.29 is 32.0 Å². The molecule has 1 atom stereocenters. The van der Waals surface area contributed by atoms with Gasteiger partial charge in [0.1, 0.15) is 5.69 Å². The molecule has 1 N–H and O–H groups in total. The maximum Gasteiger partial charge on any atom is 0.471 e. The summed E-state index contributed by atoms with van der Waals surface area (Å²) in [6, 6.07) is 7.53. The van der Waals surface area contributed by atoms with Gasteiger partial charge in [-0.15, -0.1) is 11.3 Å². The molecule has 1 aliphatic rings. The highest BCUT2D eigenvalue weighted by molar-refractivity contribution is 7.17. The minimum absolute atomic E-state index is 0.130. The zero-order valence-corrected chi connectivity index (χ0v) is 17.2. The monoisotopic (exact) mass is 467 g/mol. The van der Waals surface area contributed by atoms with Crippen LogP contribution in [0.5, 0.6) is 0 Å². The van der Waals surface area contributed by atoms with Gasteiger partial charge in [0.15, 0.2) is 0 Å². The molecule has 0 radical (unpaired) electrons. The number of nitrogens with one attached hydrogen (secondary N) is 1. The molecule has 2 amide bonds.